The van der Waals surface area contributed by atoms with Crippen LogP contribution in [0.4, 0.5) is 8.78 Å². The number of rotatable bonds is 4. The topological polar surface area (TPSA) is 38.7 Å². The van der Waals surface area contributed by atoms with E-state index in [1.807, 2.05) is 0 Å². The lowest BCUT2D eigenvalue weighted by molar-refractivity contribution is 0.208. The van der Waals surface area contributed by atoms with Crippen LogP contribution in [-0.2, 0) is 0 Å². The van der Waals surface area contributed by atoms with Gasteiger partial charge in [-0.15, -0.1) is 0 Å². The van der Waals surface area contributed by atoms with Gasteiger partial charge in [0.1, 0.15) is 17.7 Å². The Hall–Kier alpha value is -2.14. The van der Waals surface area contributed by atoms with Crippen LogP contribution < -0.4 is 9.47 Å². The molecule has 0 spiro atoms. The summed E-state index contributed by atoms with van der Waals surface area (Å²) in [6.45, 7) is 0. The molecule has 0 saturated heterocycles. The third kappa shape index (κ3) is 2.58. The molecule has 106 valence electrons. The van der Waals surface area contributed by atoms with Crippen LogP contribution in [0.2, 0.25) is 0 Å². The molecule has 5 heteroatoms. The standard InChI is InChI=1S/C15H14F2O3/c1-19-9-6-7-10(12(16)8-9)15(18)11-4-3-5-13(20-2)14(11)17/h3-8,15,18H,1-2H3. The SMILES string of the molecule is COc1ccc(C(O)c2cccc(OC)c2F)c(F)c1. The lowest BCUT2D eigenvalue weighted by Crippen LogP contribution is -2.06. The summed E-state index contributed by atoms with van der Waals surface area (Å²) in [5.74, 6) is -1.06. The normalized spacial score (nSPS) is 12.1. The van der Waals surface area contributed by atoms with Crippen LogP contribution in [0.15, 0.2) is 36.4 Å². The van der Waals surface area contributed by atoms with Gasteiger partial charge >= 0.3 is 0 Å². The van der Waals surface area contributed by atoms with Gasteiger partial charge in [-0.2, -0.15) is 0 Å². The average molecular weight is 280 g/mol. The maximum absolute atomic E-state index is 14.1. The van der Waals surface area contributed by atoms with Crippen molar-refractivity contribution in [2.45, 2.75) is 6.10 Å². The molecule has 0 heterocycles. The van der Waals surface area contributed by atoms with Crippen molar-refractivity contribution in [1.82, 2.24) is 0 Å². The number of aliphatic hydroxyl groups excluding tert-OH is 1. The minimum atomic E-state index is -1.42. The molecular formula is C15H14F2O3. The zero-order chi connectivity index (χ0) is 14.7. The molecule has 3 nitrogen and oxygen atoms in total. The molecule has 0 radical (unpaired) electrons. The second-order valence-electron chi connectivity index (χ2n) is 4.15. The van der Waals surface area contributed by atoms with Crippen LogP contribution in [0.25, 0.3) is 0 Å². The molecule has 0 aromatic heterocycles. The Balaban J connectivity index is 2.43. The Morgan fingerprint density at radius 3 is 2.35 bits per heavy atom. The Kier molecular flexibility index (Phi) is 4.20. The van der Waals surface area contributed by atoms with Crippen LogP contribution in [0.1, 0.15) is 17.2 Å². The van der Waals surface area contributed by atoms with Crippen molar-refractivity contribution in [1.29, 1.82) is 0 Å². The van der Waals surface area contributed by atoms with Gasteiger partial charge in [0, 0.05) is 17.2 Å². The van der Waals surface area contributed by atoms with E-state index in [2.05, 4.69) is 0 Å². The van der Waals surface area contributed by atoms with Crippen molar-refractivity contribution >= 4 is 0 Å². The number of halogens is 2. The molecule has 0 bridgehead atoms. The summed E-state index contributed by atoms with van der Waals surface area (Å²) in [6, 6.07) is 8.33. The maximum atomic E-state index is 14.1. The second-order valence-corrected chi connectivity index (χ2v) is 4.15. The van der Waals surface area contributed by atoms with E-state index in [-0.39, 0.29) is 16.9 Å². The summed E-state index contributed by atoms with van der Waals surface area (Å²) < 4.78 is 37.7. The molecule has 0 amide bonds. The first-order chi connectivity index (χ1) is 9.58. The summed E-state index contributed by atoms with van der Waals surface area (Å²) in [4.78, 5) is 0. The molecule has 2 aromatic rings. The maximum Gasteiger partial charge on any atom is 0.171 e. The number of hydrogen-bond donors (Lipinski definition) is 1. The fraction of sp³-hybridized carbons (Fsp3) is 0.200. The van der Waals surface area contributed by atoms with Crippen LogP contribution >= 0.6 is 0 Å². The van der Waals surface area contributed by atoms with Crippen molar-refractivity contribution in [2.75, 3.05) is 14.2 Å². The Morgan fingerprint density at radius 1 is 1.00 bits per heavy atom. The molecule has 20 heavy (non-hydrogen) atoms. The van der Waals surface area contributed by atoms with E-state index in [9.17, 15) is 13.9 Å². The highest BCUT2D eigenvalue weighted by Gasteiger charge is 2.21. The minimum Gasteiger partial charge on any atom is -0.497 e. The largest absolute Gasteiger partial charge is 0.497 e. The third-order valence-corrected chi connectivity index (χ3v) is 3.01. The molecule has 0 aliphatic rings. The molecule has 0 aliphatic carbocycles. The lowest BCUT2D eigenvalue weighted by Gasteiger charge is -2.15. The van der Waals surface area contributed by atoms with E-state index in [1.165, 1.54) is 44.6 Å². The van der Waals surface area contributed by atoms with Crippen molar-refractivity contribution in [2.24, 2.45) is 0 Å². The van der Waals surface area contributed by atoms with Crippen LogP contribution in [0.3, 0.4) is 0 Å². The van der Waals surface area contributed by atoms with Gasteiger partial charge in [0.15, 0.2) is 11.6 Å². The Morgan fingerprint density at radius 2 is 1.75 bits per heavy atom. The summed E-state index contributed by atoms with van der Waals surface area (Å²) in [7, 11) is 2.73. The van der Waals surface area contributed by atoms with Gasteiger partial charge in [0.25, 0.3) is 0 Å². The molecule has 2 aromatic carbocycles. The summed E-state index contributed by atoms with van der Waals surface area (Å²) in [5, 5.41) is 10.2. The molecule has 0 saturated carbocycles. The van der Waals surface area contributed by atoms with Crippen LogP contribution in [0.5, 0.6) is 11.5 Å². The number of aliphatic hydroxyl groups is 1. The molecule has 0 fully saturated rings. The van der Waals surface area contributed by atoms with Gasteiger partial charge in [0.05, 0.1) is 14.2 Å². The van der Waals surface area contributed by atoms with Crippen LogP contribution in [0, 0.1) is 11.6 Å². The summed E-state index contributed by atoms with van der Waals surface area (Å²) >= 11 is 0. The highest BCUT2D eigenvalue weighted by atomic mass is 19.1. The van der Waals surface area contributed by atoms with E-state index >= 15 is 0 Å². The predicted octanol–water partition coefficient (Wildman–Crippen LogP) is 3.06. The van der Waals surface area contributed by atoms with Crippen molar-refractivity contribution in [3.8, 4) is 11.5 Å². The van der Waals surface area contributed by atoms with Gasteiger partial charge in [-0.3, -0.25) is 0 Å². The zero-order valence-corrected chi connectivity index (χ0v) is 11.1. The fourth-order valence-electron chi connectivity index (χ4n) is 1.92. The number of benzene rings is 2. The van der Waals surface area contributed by atoms with Crippen LogP contribution in [-0.4, -0.2) is 19.3 Å². The van der Waals surface area contributed by atoms with Gasteiger partial charge in [-0.25, -0.2) is 8.78 Å². The highest BCUT2D eigenvalue weighted by Crippen LogP contribution is 2.31. The van der Waals surface area contributed by atoms with E-state index in [4.69, 9.17) is 9.47 Å². The smallest absolute Gasteiger partial charge is 0.171 e. The zero-order valence-electron chi connectivity index (χ0n) is 11.1. The first kappa shape index (κ1) is 14.3. The van der Waals surface area contributed by atoms with Crippen molar-refractivity contribution in [3.05, 3.63) is 59.2 Å². The van der Waals surface area contributed by atoms with Crippen molar-refractivity contribution in [3.63, 3.8) is 0 Å². The number of ether oxygens (including phenoxy) is 2. The number of hydrogen-bond acceptors (Lipinski definition) is 3. The summed E-state index contributed by atoms with van der Waals surface area (Å²) in [6.07, 6.45) is -1.42. The van der Waals surface area contributed by atoms with E-state index < -0.39 is 17.7 Å². The molecule has 1 unspecified atom stereocenters. The minimum absolute atomic E-state index is 0.00419. The first-order valence-corrected chi connectivity index (χ1v) is 5.92. The average Bonchev–Trinajstić information content (AvgIpc) is 2.46. The first-order valence-electron chi connectivity index (χ1n) is 5.92. The van der Waals surface area contributed by atoms with E-state index in [1.54, 1.807) is 0 Å². The Bertz CT molecular complexity index is 614. The van der Waals surface area contributed by atoms with Crippen molar-refractivity contribution < 1.29 is 23.4 Å². The Labute approximate surface area is 115 Å². The summed E-state index contributed by atoms with van der Waals surface area (Å²) in [5.41, 5.74) is -0.0774. The van der Waals surface area contributed by atoms with Gasteiger partial charge in [-0.05, 0) is 18.2 Å². The number of methoxy groups -OCH3 is 2. The lowest BCUT2D eigenvalue weighted by atomic mass is 10.00. The monoisotopic (exact) mass is 280 g/mol. The molecular weight excluding hydrogens is 266 g/mol. The fourth-order valence-corrected chi connectivity index (χ4v) is 1.92. The van der Waals surface area contributed by atoms with E-state index in [0.29, 0.717) is 5.75 Å². The highest BCUT2D eigenvalue weighted by molar-refractivity contribution is 5.39. The molecule has 2 rings (SSSR count). The second kappa shape index (κ2) is 5.88. The molecule has 1 atom stereocenters. The quantitative estimate of drug-likeness (QED) is 0.935. The molecule has 0 aliphatic heterocycles. The van der Waals surface area contributed by atoms with Gasteiger partial charge in [0.2, 0.25) is 0 Å². The third-order valence-electron chi connectivity index (χ3n) is 3.01. The van der Waals surface area contributed by atoms with E-state index in [0.717, 1.165) is 6.07 Å². The predicted molar refractivity (Wildman–Crippen MR) is 70.0 cm³/mol. The molecule has 1 N–H and O–H groups in total. The van der Waals surface area contributed by atoms with Gasteiger partial charge < -0.3 is 14.6 Å². The van der Waals surface area contributed by atoms with Gasteiger partial charge in [-0.1, -0.05) is 12.1 Å².